The van der Waals surface area contributed by atoms with Crippen LogP contribution in [0.1, 0.15) is 187 Å². The lowest BCUT2D eigenvalue weighted by Gasteiger charge is -2.31. The molecule has 1 rings (SSSR count). The Morgan fingerprint density at radius 2 is 0.694 bits per heavy atom. The van der Waals surface area contributed by atoms with E-state index < -0.39 is 248 Å². The number of carbonyl (C=O) groups excluding carboxylic acids is 14. The Labute approximate surface area is 645 Å². The molecule has 14 amide bonds. The highest BCUT2D eigenvalue weighted by atomic mass is 16.4. The Morgan fingerprint density at radius 3 is 1.05 bits per heavy atom. The number of H-pyrrole nitrogens is 1. The van der Waals surface area contributed by atoms with Gasteiger partial charge in [-0.25, -0.2) is 9.78 Å². The lowest BCUT2D eigenvalue weighted by Crippen LogP contribution is -2.62. The Bertz CT molecular complexity index is 3330. The molecule has 0 saturated heterocycles. The van der Waals surface area contributed by atoms with Gasteiger partial charge >= 0.3 is 23.9 Å². The van der Waals surface area contributed by atoms with Crippen LogP contribution in [-0.2, 0) is 92.7 Å². The number of nitrogens with zero attached hydrogens (tertiary/aromatic N) is 1. The van der Waals surface area contributed by atoms with E-state index in [4.69, 9.17) is 11.5 Å². The van der Waals surface area contributed by atoms with Gasteiger partial charge in [-0.3, -0.25) is 81.5 Å². The maximum Gasteiger partial charge on any atom is 0.326 e. The topological polar surface area (TPSA) is 637 Å². The second kappa shape index (κ2) is 49.7. The lowest BCUT2D eigenvalue weighted by atomic mass is 9.97. The van der Waals surface area contributed by atoms with Gasteiger partial charge in [0.15, 0.2) is 0 Å². The van der Waals surface area contributed by atoms with E-state index in [2.05, 4.69) is 84.4 Å². The van der Waals surface area contributed by atoms with Gasteiger partial charge < -0.3 is 111 Å². The van der Waals surface area contributed by atoms with E-state index in [-0.39, 0.29) is 62.0 Å². The van der Waals surface area contributed by atoms with Crippen molar-refractivity contribution in [1.29, 1.82) is 0 Å². The summed E-state index contributed by atoms with van der Waals surface area (Å²) in [5.41, 5.74) is 11.4. The minimum atomic E-state index is -1.75. The molecule has 0 aliphatic carbocycles. The molecule has 0 radical (unpaired) electrons. The van der Waals surface area contributed by atoms with Gasteiger partial charge in [-0.1, -0.05) is 83.1 Å². The van der Waals surface area contributed by atoms with Crippen LogP contribution in [0.25, 0.3) is 0 Å². The van der Waals surface area contributed by atoms with Crippen LogP contribution < -0.4 is 85.9 Å². The molecule has 0 aliphatic heterocycles. The fourth-order valence-corrected chi connectivity index (χ4v) is 10.9. The second-order valence-electron chi connectivity index (χ2n) is 29.8. The first-order valence-electron chi connectivity index (χ1n) is 37.2. The Kier molecular flexibility index (Phi) is 44.1. The number of imidazole rings is 1. The van der Waals surface area contributed by atoms with E-state index >= 15 is 0 Å². The molecule has 1 aromatic heterocycles. The standard InChI is InChI=1S/C71H120N18O22/c1-33(2)26-47(65(104)82-46(71(110)111)18-16-17-25-72)83-59(98)40(14)77-51(90)31-75-61(100)43(19-22-52(91)92)80-60(99)41(15)78-64(103)50(29-42-30-74-32-76-42)84-62(101)44(20-23-53(93)94)81-68(107)55(36(7)8)88-66(105)48(27-34(3)4)86-70(109)57(38(11)12)89-67(106)49(28-35(5)6)85-69(108)56(37(9)10)87-63(102)45(21-24-54(95)96)79-58(97)39(13)73/h30,32-41,43-50,55-57H,16-29,31,72-73H2,1-15H3,(H,74,76)(H,75,100)(H,77,90)(H,78,103)(H,79,97)(H,80,99)(H,81,107)(H,82,104)(H,83,98)(H,84,101)(H,85,108)(H,86,109)(H,87,102)(H,88,105)(H,89,106)(H,91,92)(H,93,94)(H,95,96)(H,110,111)/t39-,40-,41-,43-,44-,45-,46-,47-,48-,49-,50-,55-,56-,57-/m0/s1. The lowest BCUT2D eigenvalue weighted by molar-refractivity contribution is -0.142. The zero-order chi connectivity index (χ0) is 84.9. The van der Waals surface area contributed by atoms with E-state index in [1.807, 2.05) is 0 Å². The van der Waals surface area contributed by atoms with Gasteiger partial charge in [-0.05, 0) is 121 Å². The van der Waals surface area contributed by atoms with Gasteiger partial charge in [-0.15, -0.1) is 0 Å². The van der Waals surface area contributed by atoms with E-state index in [1.54, 1.807) is 69.2 Å². The van der Waals surface area contributed by atoms with Crippen molar-refractivity contribution in [3.8, 4) is 0 Å². The Morgan fingerprint density at radius 1 is 0.369 bits per heavy atom. The number of nitrogens with one attached hydrogen (secondary N) is 15. The second-order valence-corrected chi connectivity index (χ2v) is 29.8. The molecule has 1 heterocycles. The number of unbranched alkanes of at least 4 members (excludes halogenated alkanes) is 1. The van der Waals surface area contributed by atoms with Crippen molar-refractivity contribution >= 4 is 107 Å². The van der Waals surface area contributed by atoms with Crippen LogP contribution in [0.2, 0.25) is 0 Å². The molecule has 0 spiro atoms. The molecular weight excluding hydrogens is 1460 g/mol. The minimum Gasteiger partial charge on any atom is -0.481 e. The summed E-state index contributed by atoms with van der Waals surface area (Å²) < 4.78 is 0. The molecule has 0 bridgehead atoms. The Balaban J connectivity index is 3.46. The number of hydrogen-bond donors (Lipinski definition) is 21. The third-order valence-corrected chi connectivity index (χ3v) is 17.1. The summed E-state index contributed by atoms with van der Waals surface area (Å²) in [6.07, 6.45) is -0.226. The van der Waals surface area contributed by atoms with Crippen LogP contribution in [0.4, 0.5) is 0 Å². The molecule has 40 heteroatoms. The number of rotatable bonds is 53. The van der Waals surface area contributed by atoms with E-state index in [0.29, 0.717) is 19.4 Å². The van der Waals surface area contributed by atoms with E-state index in [1.165, 1.54) is 47.1 Å². The molecule has 14 atom stereocenters. The smallest absolute Gasteiger partial charge is 0.326 e. The van der Waals surface area contributed by atoms with Crippen molar-refractivity contribution in [1.82, 2.24) is 84.4 Å². The number of aliphatic carboxylic acids is 4. The van der Waals surface area contributed by atoms with Crippen molar-refractivity contribution in [3.63, 3.8) is 0 Å². The fourth-order valence-electron chi connectivity index (χ4n) is 10.9. The summed E-state index contributed by atoms with van der Waals surface area (Å²) in [5, 5.41) is 73.1. The zero-order valence-corrected chi connectivity index (χ0v) is 66.0. The fraction of sp³-hybridized carbons (Fsp3) is 0.704. The number of aromatic nitrogens is 2. The third-order valence-electron chi connectivity index (χ3n) is 17.1. The molecule has 0 unspecified atom stereocenters. The molecule has 1 aromatic rings. The number of carboxylic acids is 4. The van der Waals surface area contributed by atoms with Gasteiger partial charge in [0.05, 0.1) is 18.9 Å². The number of amides is 14. The molecule has 0 saturated carbocycles. The van der Waals surface area contributed by atoms with Crippen LogP contribution in [0, 0.1) is 35.5 Å². The Hall–Kier alpha value is -10.4. The van der Waals surface area contributed by atoms with Crippen molar-refractivity contribution in [3.05, 3.63) is 18.2 Å². The summed E-state index contributed by atoms with van der Waals surface area (Å²) in [6, 6.07) is -19.9. The predicted molar refractivity (Wildman–Crippen MR) is 399 cm³/mol. The van der Waals surface area contributed by atoms with E-state index in [0.717, 1.165) is 0 Å². The van der Waals surface area contributed by atoms with Crippen molar-refractivity contribution in [2.45, 2.75) is 272 Å². The summed E-state index contributed by atoms with van der Waals surface area (Å²) in [6.45, 7) is 23.2. The SMILES string of the molecule is CC(C)C[C@H](NC(=O)[C@H](C)NC(=O)CNC(=O)[C@H](CCC(=O)O)NC(=O)[C@H](C)NC(=O)[C@H](Cc1cnc[nH]1)NC(=O)[C@H](CCC(=O)O)NC(=O)[C@@H](NC(=O)[C@H](CC(C)C)NC(=O)[C@@H](NC(=O)[C@H](CC(C)C)NC(=O)[C@@H](NC(=O)[C@H](CCC(=O)O)NC(=O)[C@H](C)N)C(C)C)C(C)C)C(C)C)C(=O)N[C@@H](CCCCN)C(=O)O. The van der Waals surface area contributed by atoms with Crippen LogP contribution >= 0.6 is 0 Å². The summed E-state index contributed by atoms with van der Waals surface area (Å²) in [7, 11) is 0. The maximum absolute atomic E-state index is 14.4. The molecule has 0 fully saturated rings. The zero-order valence-electron chi connectivity index (χ0n) is 66.0. The first-order valence-corrected chi connectivity index (χ1v) is 37.2. The molecule has 0 aromatic carbocycles. The predicted octanol–water partition coefficient (Wildman–Crippen LogP) is -3.33. The highest BCUT2D eigenvalue weighted by Gasteiger charge is 2.39. The third kappa shape index (κ3) is 38.2. The van der Waals surface area contributed by atoms with Crippen LogP contribution in [0.15, 0.2) is 12.5 Å². The normalized spacial score (nSPS) is 15.1. The summed E-state index contributed by atoms with van der Waals surface area (Å²) >= 11 is 0. The minimum absolute atomic E-state index is 0.0189. The van der Waals surface area contributed by atoms with Gasteiger partial charge in [-0.2, -0.15) is 0 Å². The molecule has 40 nitrogen and oxygen atoms in total. The van der Waals surface area contributed by atoms with Gasteiger partial charge in [0.2, 0.25) is 82.7 Å². The van der Waals surface area contributed by atoms with Gasteiger partial charge in [0, 0.05) is 37.6 Å². The number of carboxylic acid groups (broad SMARTS) is 4. The van der Waals surface area contributed by atoms with Crippen molar-refractivity contribution in [2.75, 3.05) is 13.1 Å². The van der Waals surface area contributed by atoms with Crippen LogP contribution in [-0.4, -0.2) is 235 Å². The largest absolute Gasteiger partial charge is 0.481 e. The maximum atomic E-state index is 14.4. The molecule has 111 heavy (non-hydrogen) atoms. The van der Waals surface area contributed by atoms with E-state index in [9.17, 15) is 107 Å². The monoisotopic (exact) mass is 1580 g/mol. The van der Waals surface area contributed by atoms with Crippen LogP contribution in [0.3, 0.4) is 0 Å². The van der Waals surface area contributed by atoms with Gasteiger partial charge in [0.1, 0.15) is 78.5 Å². The van der Waals surface area contributed by atoms with Crippen LogP contribution in [0.5, 0.6) is 0 Å². The average Bonchev–Trinajstić information content (AvgIpc) is 1.62. The molecule has 23 N–H and O–H groups in total. The first kappa shape index (κ1) is 98.6. The van der Waals surface area contributed by atoms with Crippen molar-refractivity contribution < 1.29 is 107 Å². The number of carbonyl (C=O) groups is 18. The average molecular weight is 1580 g/mol. The highest BCUT2D eigenvalue weighted by molar-refractivity contribution is 6.00. The molecular formula is C71H120N18O22. The summed E-state index contributed by atoms with van der Waals surface area (Å²) in [4.78, 5) is 247. The number of hydrogen-bond acceptors (Lipinski definition) is 21. The van der Waals surface area contributed by atoms with Crippen molar-refractivity contribution in [2.24, 2.45) is 47.0 Å². The first-order chi connectivity index (χ1) is 51.7. The molecule has 626 valence electrons. The van der Waals surface area contributed by atoms with Gasteiger partial charge in [0.25, 0.3) is 0 Å². The quantitative estimate of drug-likeness (QED) is 0.0284. The molecule has 0 aliphatic rings. The number of nitrogens with two attached hydrogens (primary N) is 2. The highest BCUT2D eigenvalue weighted by Crippen LogP contribution is 2.16. The summed E-state index contributed by atoms with van der Waals surface area (Å²) in [5.74, 6) is -21.2. The number of aromatic amines is 1.